The Morgan fingerprint density at radius 1 is 1.29 bits per heavy atom. The summed E-state index contributed by atoms with van der Waals surface area (Å²) in [6, 6.07) is 9.84. The SMILES string of the molecule is CN=C(NCc1nc(-c2ccco2)n[nH]1)NCc1ccc(C)cc1OC1CCOC1.I. The number of aliphatic imine (C=N–C) groups is 1. The van der Waals surface area contributed by atoms with Crippen LogP contribution in [-0.2, 0) is 17.8 Å². The highest BCUT2D eigenvalue weighted by molar-refractivity contribution is 14.0. The molecule has 1 aliphatic rings. The Kier molecular flexibility index (Phi) is 8.29. The van der Waals surface area contributed by atoms with Crippen LogP contribution in [-0.4, -0.2) is 47.5 Å². The monoisotopic (exact) mass is 538 g/mol. The first kappa shape index (κ1) is 23.1. The normalized spacial score (nSPS) is 16.1. The van der Waals surface area contributed by atoms with Crippen molar-refractivity contribution < 1.29 is 13.9 Å². The van der Waals surface area contributed by atoms with Crippen LogP contribution >= 0.6 is 24.0 Å². The van der Waals surface area contributed by atoms with Gasteiger partial charge in [-0.3, -0.25) is 10.1 Å². The lowest BCUT2D eigenvalue weighted by Gasteiger charge is -2.18. The van der Waals surface area contributed by atoms with Crippen molar-refractivity contribution in [3.05, 3.63) is 53.5 Å². The summed E-state index contributed by atoms with van der Waals surface area (Å²) in [6.07, 6.45) is 2.62. The Morgan fingerprint density at radius 3 is 2.90 bits per heavy atom. The third kappa shape index (κ3) is 6.20. The van der Waals surface area contributed by atoms with E-state index >= 15 is 0 Å². The van der Waals surface area contributed by atoms with Crippen molar-refractivity contribution in [1.29, 1.82) is 0 Å². The van der Waals surface area contributed by atoms with E-state index in [0.29, 0.717) is 43.1 Å². The topological polar surface area (TPSA) is 110 Å². The molecule has 2 aromatic heterocycles. The molecule has 3 N–H and O–H groups in total. The minimum atomic E-state index is 0. The molecule has 4 rings (SSSR count). The Balaban J connectivity index is 0.00000272. The molecule has 31 heavy (non-hydrogen) atoms. The van der Waals surface area contributed by atoms with Crippen molar-refractivity contribution in [2.75, 3.05) is 20.3 Å². The molecule has 3 aromatic rings. The Hall–Kier alpha value is -2.60. The molecule has 0 amide bonds. The fourth-order valence-electron chi connectivity index (χ4n) is 3.16. The highest BCUT2D eigenvalue weighted by Crippen LogP contribution is 2.23. The number of furan rings is 1. The van der Waals surface area contributed by atoms with Gasteiger partial charge in [0, 0.05) is 25.6 Å². The molecular weight excluding hydrogens is 511 g/mol. The largest absolute Gasteiger partial charge is 0.488 e. The first-order valence-electron chi connectivity index (χ1n) is 9.95. The molecule has 10 heteroatoms. The molecule has 1 aliphatic heterocycles. The van der Waals surface area contributed by atoms with E-state index in [1.807, 2.05) is 6.07 Å². The zero-order chi connectivity index (χ0) is 20.8. The van der Waals surface area contributed by atoms with Crippen LogP contribution in [0.4, 0.5) is 0 Å². The van der Waals surface area contributed by atoms with Crippen LogP contribution < -0.4 is 15.4 Å². The smallest absolute Gasteiger partial charge is 0.216 e. The van der Waals surface area contributed by atoms with Crippen molar-refractivity contribution in [2.24, 2.45) is 4.99 Å². The Morgan fingerprint density at radius 2 is 2.16 bits per heavy atom. The van der Waals surface area contributed by atoms with Gasteiger partial charge in [-0.15, -0.1) is 29.1 Å². The summed E-state index contributed by atoms with van der Waals surface area (Å²) in [5.74, 6) is 3.37. The number of aryl methyl sites for hydroxylation is 1. The molecule has 1 atom stereocenters. The van der Waals surface area contributed by atoms with E-state index in [-0.39, 0.29) is 30.1 Å². The summed E-state index contributed by atoms with van der Waals surface area (Å²) in [6.45, 7) is 4.48. The molecule has 3 heterocycles. The fraction of sp³-hybridized carbons (Fsp3) is 0.381. The van der Waals surface area contributed by atoms with Crippen molar-refractivity contribution >= 4 is 29.9 Å². The van der Waals surface area contributed by atoms with Crippen LogP contribution in [0, 0.1) is 6.92 Å². The van der Waals surface area contributed by atoms with Crippen LogP contribution in [0.1, 0.15) is 23.4 Å². The van der Waals surface area contributed by atoms with E-state index in [0.717, 1.165) is 29.9 Å². The molecule has 1 fully saturated rings. The molecule has 0 aliphatic carbocycles. The molecule has 1 saturated heterocycles. The maximum absolute atomic E-state index is 6.16. The van der Waals surface area contributed by atoms with Gasteiger partial charge in [0.1, 0.15) is 17.7 Å². The third-order valence-electron chi connectivity index (χ3n) is 4.77. The second kappa shape index (κ2) is 11.1. The lowest BCUT2D eigenvalue weighted by Crippen LogP contribution is -2.36. The van der Waals surface area contributed by atoms with Crippen LogP contribution in [0.5, 0.6) is 5.75 Å². The number of nitrogens with zero attached hydrogens (tertiary/aromatic N) is 3. The number of halogens is 1. The van der Waals surface area contributed by atoms with Crippen molar-refractivity contribution in [1.82, 2.24) is 25.8 Å². The predicted octanol–water partition coefficient (Wildman–Crippen LogP) is 3.02. The molecule has 0 spiro atoms. The number of ether oxygens (including phenoxy) is 2. The van der Waals surface area contributed by atoms with Gasteiger partial charge in [-0.25, -0.2) is 4.98 Å². The number of aromatic nitrogens is 3. The Labute approximate surface area is 198 Å². The van der Waals surface area contributed by atoms with Gasteiger partial charge < -0.3 is 24.5 Å². The molecule has 0 bridgehead atoms. The van der Waals surface area contributed by atoms with Gasteiger partial charge in [-0.2, -0.15) is 0 Å². The number of rotatable bonds is 7. The minimum Gasteiger partial charge on any atom is -0.488 e. The summed E-state index contributed by atoms with van der Waals surface area (Å²) < 4.78 is 16.9. The van der Waals surface area contributed by atoms with E-state index in [4.69, 9.17) is 13.9 Å². The van der Waals surface area contributed by atoms with Crippen LogP contribution in [0.25, 0.3) is 11.6 Å². The second-order valence-corrected chi connectivity index (χ2v) is 7.08. The molecule has 1 aromatic carbocycles. The van der Waals surface area contributed by atoms with Gasteiger partial charge >= 0.3 is 0 Å². The van der Waals surface area contributed by atoms with Gasteiger partial charge in [-0.1, -0.05) is 12.1 Å². The fourth-order valence-corrected chi connectivity index (χ4v) is 3.16. The van der Waals surface area contributed by atoms with E-state index in [1.54, 1.807) is 19.4 Å². The Bertz CT molecular complexity index is 983. The molecule has 0 radical (unpaired) electrons. The van der Waals surface area contributed by atoms with Crippen LogP contribution in [0.3, 0.4) is 0 Å². The number of aromatic amines is 1. The minimum absolute atomic E-state index is 0. The number of hydrogen-bond acceptors (Lipinski definition) is 6. The van der Waals surface area contributed by atoms with Gasteiger partial charge in [-0.05, 0) is 30.7 Å². The van der Waals surface area contributed by atoms with Crippen molar-refractivity contribution in [3.63, 3.8) is 0 Å². The van der Waals surface area contributed by atoms with Crippen LogP contribution in [0.15, 0.2) is 46.0 Å². The van der Waals surface area contributed by atoms with E-state index < -0.39 is 0 Å². The van der Waals surface area contributed by atoms with Crippen LogP contribution in [0.2, 0.25) is 0 Å². The third-order valence-corrected chi connectivity index (χ3v) is 4.77. The quantitative estimate of drug-likeness (QED) is 0.241. The maximum atomic E-state index is 6.16. The first-order chi connectivity index (χ1) is 14.7. The number of benzene rings is 1. The molecular formula is C21H27IN6O3. The van der Waals surface area contributed by atoms with Crippen molar-refractivity contribution in [2.45, 2.75) is 32.5 Å². The number of nitrogens with one attached hydrogen (secondary N) is 3. The average molecular weight is 538 g/mol. The predicted molar refractivity (Wildman–Crippen MR) is 128 cm³/mol. The second-order valence-electron chi connectivity index (χ2n) is 7.08. The number of H-pyrrole nitrogens is 1. The van der Waals surface area contributed by atoms with Gasteiger partial charge in [0.2, 0.25) is 5.82 Å². The summed E-state index contributed by atoms with van der Waals surface area (Å²) in [7, 11) is 1.73. The van der Waals surface area contributed by atoms with Gasteiger partial charge in [0.05, 0.1) is 26.0 Å². The van der Waals surface area contributed by atoms with Crippen molar-refractivity contribution in [3.8, 4) is 17.3 Å². The van der Waals surface area contributed by atoms with Gasteiger partial charge in [0.25, 0.3) is 0 Å². The summed E-state index contributed by atoms with van der Waals surface area (Å²) in [5, 5.41) is 13.6. The first-order valence-corrected chi connectivity index (χ1v) is 9.95. The molecule has 166 valence electrons. The van der Waals surface area contributed by atoms with Gasteiger partial charge in [0.15, 0.2) is 11.7 Å². The zero-order valence-corrected chi connectivity index (χ0v) is 19.9. The summed E-state index contributed by atoms with van der Waals surface area (Å²) >= 11 is 0. The lowest BCUT2D eigenvalue weighted by atomic mass is 10.1. The average Bonchev–Trinajstić information content (AvgIpc) is 3.52. The highest BCUT2D eigenvalue weighted by Gasteiger charge is 2.19. The maximum Gasteiger partial charge on any atom is 0.216 e. The standard InChI is InChI=1S/C21H26N6O3.HI/c1-14-5-6-15(18(10-14)30-16-7-9-28-13-16)11-23-21(22-2)24-12-19-25-20(27-26-19)17-4-3-8-29-17;/h3-6,8,10,16H,7,9,11-13H2,1-2H3,(H2,22,23,24)(H,25,26,27);1H. The molecule has 0 saturated carbocycles. The highest BCUT2D eigenvalue weighted by atomic mass is 127. The van der Waals surface area contributed by atoms with E-state index in [9.17, 15) is 0 Å². The molecule has 1 unspecified atom stereocenters. The summed E-state index contributed by atoms with van der Waals surface area (Å²) in [4.78, 5) is 8.70. The zero-order valence-electron chi connectivity index (χ0n) is 17.6. The van der Waals surface area contributed by atoms with E-state index in [1.165, 1.54) is 0 Å². The number of hydrogen-bond donors (Lipinski definition) is 3. The lowest BCUT2D eigenvalue weighted by molar-refractivity contribution is 0.140. The molecule has 9 nitrogen and oxygen atoms in total. The van der Waals surface area contributed by atoms with E-state index in [2.05, 4.69) is 55.9 Å². The summed E-state index contributed by atoms with van der Waals surface area (Å²) in [5.41, 5.74) is 2.23. The number of guanidine groups is 1.